The molecule has 7 heteroatoms. The van der Waals surface area contributed by atoms with Crippen molar-refractivity contribution in [3.63, 3.8) is 0 Å². The largest absolute Gasteiger partial charge is 0.375 e. The van der Waals surface area contributed by atoms with Gasteiger partial charge < -0.3 is 19.9 Å². The number of morpholine rings is 1. The third-order valence-corrected chi connectivity index (χ3v) is 3.66. The van der Waals surface area contributed by atoms with Crippen molar-refractivity contribution in [3.05, 3.63) is 42.2 Å². The highest BCUT2D eigenvalue weighted by Crippen LogP contribution is 2.18. The van der Waals surface area contributed by atoms with E-state index in [1.54, 1.807) is 0 Å². The van der Waals surface area contributed by atoms with E-state index in [2.05, 4.69) is 15.8 Å². The summed E-state index contributed by atoms with van der Waals surface area (Å²) in [6.07, 6.45) is -0.136. The first-order valence-corrected chi connectivity index (χ1v) is 7.38. The highest BCUT2D eigenvalue weighted by molar-refractivity contribution is 5.85. The number of nitrogens with one attached hydrogen (secondary N) is 2. The topological polar surface area (TPSA) is 76.4 Å². The van der Waals surface area contributed by atoms with E-state index in [4.69, 9.17) is 9.26 Å². The SMILES string of the molecule is C[C@H]1OCCN[C@@H]1C(=O)NCc1cc(-c2ccccc2)no1.Cl. The highest BCUT2D eigenvalue weighted by Gasteiger charge is 2.28. The standard InChI is InChI=1S/C16H19N3O3.ClH/c1-11-15(17-7-8-21-11)16(20)18-10-13-9-14(19-22-13)12-5-3-2-4-6-12;/h2-6,9,11,15,17H,7-8,10H2,1H3,(H,18,20);1H/t11-,15+;/m1./s1. The van der Waals surface area contributed by atoms with E-state index in [1.807, 2.05) is 43.3 Å². The highest BCUT2D eigenvalue weighted by atomic mass is 35.5. The summed E-state index contributed by atoms with van der Waals surface area (Å²) in [6.45, 7) is 3.51. The summed E-state index contributed by atoms with van der Waals surface area (Å²) in [4.78, 5) is 12.1. The molecule has 1 fully saturated rings. The van der Waals surface area contributed by atoms with Crippen LogP contribution < -0.4 is 10.6 Å². The molecule has 23 heavy (non-hydrogen) atoms. The van der Waals surface area contributed by atoms with E-state index < -0.39 is 0 Å². The molecule has 3 rings (SSSR count). The number of nitrogens with zero attached hydrogens (tertiary/aromatic N) is 1. The minimum absolute atomic E-state index is 0. The van der Waals surface area contributed by atoms with Crippen molar-refractivity contribution in [1.29, 1.82) is 0 Å². The van der Waals surface area contributed by atoms with E-state index in [0.717, 1.165) is 11.3 Å². The molecule has 0 radical (unpaired) electrons. The molecule has 6 nitrogen and oxygen atoms in total. The lowest BCUT2D eigenvalue weighted by atomic mass is 10.1. The maximum absolute atomic E-state index is 12.1. The number of amides is 1. The second-order valence-electron chi connectivity index (χ2n) is 5.27. The number of carbonyl (C=O) groups is 1. The number of hydrogen-bond donors (Lipinski definition) is 2. The molecule has 2 heterocycles. The van der Waals surface area contributed by atoms with E-state index in [0.29, 0.717) is 25.5 Å². The molecule has 1 saturated heterocycles. The number of ether oxygens (including phenoxy) is 1. The first-order valence-electron chi connectivity index (χ1n) is 7.38. The molecule has 124 valence electrons. The third-order valence-electron chi connectivity index (χ3n) is 3.66. The Morgan fingerprint density at radius 1 is 1.39 bits per heavy atom. The first kappa shape index (κ1) is 17.5. The second-order valence-corrected chi connectivity index (χ2v) is 5.27. The van der Waals surface area contributed by atoms with Crippen LogP contribution in [0.5, 0.6) is 0 Å². The quantitative estimate of drug-likeness (QED) is 0.889. The predicted molar refractivity (Wildman–Crippen MR) is 88.2 cm³/mol. The second kappa shape index (κ2) is 8.10. The summed E-state index contributed by atoms with van der Waals surface area (Å²) in [5, 5.41) is 10.0. The molecule has 2 atom stereocenters. The average Bonchev–Trinajstić information content (AvgIpc) is 3.03. The number of hydrogen-bond acceptors (Lipinski definition) is 5. The Hall–Kier alpha value is -1.89. The van der Waals surface area contributed by atoms with Gasteiger partial charge in [-0.1, -0.05) is 35.5 Å². The third kappa shape index (κ3) is 4.31. The van der Waals surface area contributed by atoms with Crippen LogP contribution >= 0.6 is 12.4 Å². The van der Waals surface area contributed by atoms with Gasteiger partial charge in [-0.25, -0.2) is 0 Å². The van der Waals surface area contributed by atoms with E-state index in [-0.39, 0.29) is 30.5 Å². The Labute approximate surface area is 141 Å². The molecule has 1 aliphatic rings. The van der Waals surface area contributed by atoms with Gasteiger partial charge in [-0.05, 0) is 6.92 Å². The van der Waals surface area contributed by atoms with Crippen molar-refractivity contribution >= 4 is 18.3 Å². The van der Waals surface area contributed by atoms with Crippen molar-refractivity contribution in [2.75, 3.05) is 13.2 Å². The van der Waals surface area contributed by atoms with E-state index in [1.165, 1.54) is 0 Å². The number of carbonyl (C=O) groups excluding carboxylic acids is 1. The van der Waals surface area contributed by atoms with Gasteiger partial charge in [0, 0.05) is 18.2 Å². The van der Waals surface area contributed by atoms with Gasteiger partial charge >= 0.3 is 0 Å². The molecule has 1 aromatic heterocycles. The van der Waals surface area contributed by atoms with Crippen LogP contribution in [0.25, 0.3) is 11.3 Å². The maximum Gasteiger partial charge on any atom is 0.240 e. The molecule has 1 amide bonds. The van der Waals surface area contributed by atoms with Crippen LogP contribution in [0, 0.1) is 0 Å². The van der Waals surface area contributed by atoms with Gasteiger partial charge in [0.2, 0.25) is 5.91 Å². The number of aromatic nitrogens is 1. The molecule has 0 saturated carbocycles. The van der Waals surface area contributed by atoms with Crippen molar-refractivity contribution in [2.45, 2.75) is 25.6 Å². The zero-order valence-electron chi connectivity index (χ0n) is 12.8. The Morgan fingerprint density at radius 2 is 2.17 bits per heavy atom. The van der Waals surface area contributed by atoms with Crippen LogP contribution in [-0.2, 0) is 16.1 Å². The summed E-state index contributed by atoms with van der Waals surface area (Å²) >= 11 is 0. The predicted octanol–water partition coefficient (Wildman–Crippen LogP) is 1.76. The lowest BCUT2D eigenvalue weighted by Crippen LogP contribution is -2.55. The Balaban J connectivity index is 0.00000192. The van der Waals surface area contributed by atoms with Crippen LogP contribution in [0.2, 0.25) is 0 Å². The molecule has 0 unspecified atom stereocenters. The van der Waals surface area contributed by atoms with Gasteiger partial charge in [-0.3, -0.25) is 4.79 Å². The number of benzene rings is 1. The molecule has 0 spiro atoms. The molecule has 2 aromatic rings. The van der Waals surface area contributed by atoms with Gasteiger partial charge in [-0.2, -0.15) is 0 Å². The monoisotopic (exact) mass is 337 g/mol. The minimum Gasteiger partial charge on any atom is -0.375 e. The van der Waals surface area contributed by atoms with Crippen LogP contribution in [0.1, 0.15) is 12.7 Å². The van der Waals surface area contributed by atoms with Crippen molar-refractivity contribution in [3.8, 4) is 11.3 Å². The summed E-state index contributed by atoms with van der Waals surface area (Å²) in [7, 11) is 0. The zero-order valence-corrected chi connectivity index (χ0v) is 13.6. The molecular formula is C16H20ClN3O3. The lowest BCUT2D eigenvalue weighted by Gasteiger charge is -2.29. The van der Waals surface area contributed by atoms with E-state index >= 15 is 0 Å². The molecule has 0 bridgehead atoms. The smallest absolute Gasteiger partial charge is 0.240 e. The molecule has 1 aromatic carbocycles. The fraction of sp³-hybridized carbons (Fsp3) is 0.375. The van der Waals surface area contributed by atoms with Crippen LogP contribution in [0.15, 0.2) is 40.9 Å². The fourth-order valence-electron chi connectivity index (χ4n) is 2.45. The van der Waals surface area contributed by atoms with Gasteiger partial charge in [0.05, 0.1) is 19.3 Å². The summed E-state index contributed by atoms with van der Waals surface area (Å²) < 4.78 is 10.7. The van der Waals surface area contributed by atoms with Crippen LogP contribution in [-0.4, -0.2) is 36.4 Å². The Kier molecular flexibility index (Phi) is 6.15. The van der Waals surface area contributed by atoms with Gasteiger partial charge in [0.1, 0.15) is 11.7 Å². The van der Waals surface area contributed by atoms with Crippen molar-refractivity contribution in [1.82, 2.24) is 15.8 Å². The van der Waals surface area contributed by atoms with Gasteiger partial charge in [0.25, 0.3) is 0 Å². The van der Waals surface area contributed by atoms with Crippen LogP contribution in [0.4, 0.5) is 0 Å². The van der Waals surface area contributed by atoms with E-state index in [9.17, 15) is 4.79 Å². The molecular weight excluding hydrogens is 318 g/mol. The molecule has 1 aliphatic heterocycles. The fourth-order valence-corrected chi connectivity index (χ4v) is 2.45. The summed E-state index contributed by atoms with van der Waals surface area (Å²) in [5.74, 6) is 0.529. The maximum atomic E-state index is 12.1. The minimum atomic E-state index is -0.328. The first-order chi connectivity index (χ1) is 10.7. The Morgan fingerprint density at radius 3 is 2.91 bits per heavy atom. The number of rotatable bonds is 4. The number of halogens is 1. The zero-order chi connectivity index (χ0) is 15.4. The van der Waals surface area contributed by atoms with Crippen molar-refractivity contribution in [2.24, 2.45) is 0 Å². The lowest BCUT2D eigenvalue weighted by molar-refractivity contribution is -0.129. The van der Waals surface area contributed by atoms with Crippen LogP contribution in [0.3, 0.4) is 0 Å². The molecule has 2 N–H and O–H groups in total. The molecule has 0 aliphatic carbocycles. The van der Waals surface area contributed by atoms with Gasteiger partial charge in [0.15, 0.2) is 5.76 Å². The Bertz CT molecular complexity index is 633. The van der Waals surface area contributed by atoms with Crippen molar-refractivity contribution < 1.29 is 14.1 Å². The normalized spacial score (nSPS) is 20.6. The summed E-state index contributed by atoms with van der Waals surface area (Å²) in [5.41, 5.74) is 1.75. The average molecular weight is 338 g/mol. The summed E-state index contributed by atoms with van der Waals surface area (Å²) in [6, 6.07) is 11.3. The van der Waals surface area contributed by atoms with Gasteiger partial charge in [-0.15, -0.1) is 12.4 Å².